The van der Waals surface area contributed by atoms with E-state index in [9.17, 15) is 0 Å². The summed E-state index contributed by atoms with van der Waals surface area (Å²) >= 11 is 0. The molecule has 5 rings (SSSR count). The van der Waals surface area contributed by atoms with Crippen molar-refractivity contribution in [2.45, 2.75) is 26.8 Å². The van der Waals surface area contributed by atoms with E-state index in [0.29, 0.717) is 12.3 Å². The van der Waals surface area contributed by atoms with Crippen molar-refractivity contribution < 1.29 is 4.42 Å². The first kappa shape index (κ1) is 18.1. The van der Waals surface area contributed by atoms with Gasteiger partial charge in [-0.3, -0.25) is 9.56 Å². The van der Waals surface area contributed by atoms with Crippen molar-refractivity contribution in [3.05, 3.63) is 89.3 Å². The highest BCUT2D eigenvalue weighted by Crippen LogP contribution is 2.31. The fraction of sp³-hybridized carbons (Fsp3) is 0.160. The Hall–Kier alpha value is -3.91. The van der Waals surface area contributed by atoms with Gasteiger partial charge in [0.1, 0.15) is 12.0 Å². The number of nitrogens with zero attached hydrogens (tertiary/aromatic N) is 4. The van der Waals surface area contributed by atoms with Crippen LogP contribution < -0.4 is 0 Å². The van der Waals surface area contributed by atoms with E-state index in [0.717, 1.165) is 45.9 Å². The van der Waals surface area contributed by atoms with E-state index < -0.39 is 0 Å². The van der Waals surface area contributed by atoms with Crippen molar-refractivity contribution in [1.82, 2.24) is 14.5 Å². The van der Waals surface area contributed by atoms with Crippen molar-refractivity contribution in [3.8, 4) is 29.0 Å². The molecule has 0 fully saturated rings. The molecule has 0 unspecified atom stereocenters. The molecule has 1 aliphatic rings. The normalized spacial score (nSPS) is 12.3. The largest absolute Gasteiger partial charge is 0.442 e. The Morgan fingerprint density at radius 3 is 2.83 bits per heavy atom. The summed E-state index contributed by atoms with van der Waals surface area (Å²) in [6.07, 6.45) is 5.76. The lowest BCUT2D eigenvalue weighted by Crippen LogP contribution is -2.09. The molecule has 4 aromatic rings. The minimum Gasteiger partial charge on any atom is -0.442 e. The van der Waals surface area contributed by atoms with Crippen molar-refractivity contribution in [3.63, 3.8) is 0 Å². The fourth-order valence-corrected chi connectivity index (χ4v) is 3.78. The van der Waals surface area contributed by atoms with E-state index in [1.165, 1.54) is 12.0 Å². The number of hydrogen-bond acceptors (Lipinski definition) is 4. The zero-order chi connectivity index (χ0) is 20.5. The van der Waals surface area contributed by atoms with Crippen molar-refractivity contribution >= 4 is 5.71 Å². The molecule has 5 heteroatoms. The quantitative estimate of drug-likeness (QED) is 0.454. The SMILES string of the molecule is CCC#Cc1ccc2c(c1)C(c1ccccc1C)=NCc1c(-c3cnco3)ncn1-2. The number of oxazole rings is 1. The molecule has 146 valence electrons. The number of hydrogen-bond donors (Lipinski definition) is 0. The average molecular weight is 392 g/mol. The molecule has 5 nitrogen and oxygen atoms in total. The zero-order valence-electron chi connectivity index (χ0n) is 16.9. The second-order valence-electron chi connectivity index (χ2n) is 7.14. The molecule has 0 N–H and O–H groups in total. The van der Waals surface area contributed by atoms with Crippen LogP contribution in [0.1, 0.15) is 41.3 Å². The molecule has 0 aliphatic carbocycles. The maximum atomic E-state index is 5.51. The van der Waals surface area contributed by atoms with Gasteiger partial charge in [0.2, 0.25) is 0 Å². The lowest BCUT2D eigenvalue weighted by molar-refractivity contribution is 0.569. The predicted octanol–water partition coefficient (Wildman–Crippen LogP) is 4.95. The molecule has 2 aromatic heterocycles. The van der Waals surface area contributed by atoms with E-state index in [1.807, 2.05) is 6.33 Å². The molecule has 0 amide bonds. The van der Waals surface area contributed by atoms with Crippen molar-refractivity contribution in [2.75, 3.05) is 0 Å². The van der Waals surface area contributed by atoms with Crippen LogP contribution in [-0.4, -0.2) is 20.2 Å². The minimum atomic E-state index is 0.490. The Balaban J connectivity index is 1.75. The van der Waals surface area contributed by atoms with E-state index in [4.69, 9.17) is 9.41 Å². The Morgan fingerprint density at radius 1 is 1.13 bits per heavy atom. The molecular formula is C25H20N4O. The van der Waals surface area contributed by atoms with Crippen LogP contribution in [0.15, 0.2) is 70.8 Å². The van der Waals surface area contributed by atoms with Gasteiger partial charge < -0.3 is 4.42 Å². The Bertz CT molecular complexity index is 1320. The van der Waals surface area contributed by atoms with Crippen LogP contribution in [0.2, 0.25) is 0 Å². The van der Waals surface area contributed by atoms with Crippen LogP contribution >= 0.6 is 0 Å². The monoisotopic (exact) mass is 392 g/mol. The van der Waals surface area contributed by atoms with E-state index in [-0.39, 0.29) is 0 Å². The second-order valence-corrected chi connectivity index (χ2v) is 7.14. The van der Waals surface area contributed by atoms with Crippen LogP contribution in [0.5, 0.6) is 0 Å². The zero-order valence-corrected chi connectivity index (χ0v) is 16.9. The van der Waals surface area contributed by atoms with Crippen LogP contribution in [-0.2, 0) is 6.54 Å². The van der Waals surface area contributed by atoms with E-state index in [2.05, 4.69) is 82.7 Å². The highest BCUT2D eigenvalue weighted by atomic mass is 16.3. The summed E-state index contributed by atoms with van der Waals surface area (Å²) in [4.78, 5) is 13.7. The lowest BCUT2D eigenvalue weighted by atomic mass is 9.95. The first-order valence-electron chi connectivity index (χ1n) is 9.95. The van der Waals surface area contributed by atoms with Gasteiger partial charge in [-0.15, -0.1) is 0 Å². The van der Waals surface area contributed by atoms with Gasteiger partial charge in [0, 0.05) is 23.1 Å². The Labute approximate surface area is 175 Å². The first-order chi connectivity index (χ1) is 14.8. The highest BCUT2D eigenvalue weighted by Gasteiger charge is 2.24. The summed E-state index contributed by atoms with van der Waals surface area (Å²) in [6, 6.07) is 14.6. The number of aryl methyl sites for hydroxylation is 1. The molecule has 0 bridgehead atoms. The molecule has 0 atom stereocenters. The second kappa shape index (κ2) is 7.49. The molecule has 0 radical (unpaired) electrons. The third-order valence-corrected chi connectivity index (χ3v) is 5.24. The van der Waals surface area contributed by atoms with Gasteiger partial charge in [0.15, 0.2) is 12.2 Å². The van der Waals surface area contributed by atoms with Crippen LogP contribution in [0, 0.1) is 18.8 Å². The number of benzene rings is 2. The number of imidazole rings is 1. The third kappa shape index (κ3) is 3.03. The molecule has 3 heterocycles. The molecule has 0 saturated heterocycles. The highest BCUT2D eigenvalue weighted by molar-refractivity contribution is 6.16. The number of aliphatic imine (C=N–C) groups is 1. The smallest absolute Gasteiger partial charge is 0.181 e. The van der Waals surface area contributed by atoms with Gasteiger partial charge in [-0.2, -0.15) is 0 Å². The van der Waals surface area contributed by atoms with Crippen LogP contribution in [0.25, 0.3) is 17.1 Å². The topological polar surface area (TPSA) is 56.2 Å². The van der Waals surface area contributed by atoms with Gasteiger partial charge in [0.25, 0.3) is 0 Å². The summed E-state index contributed by atoms with van der Waals surface area (Å²) in [5, 5.41) is 0. The summed E-state index contributed by atoms with van der Waals surface area (Å²) in [5.41, 5.74) is 8.09. The van der Waals surface area contributed by atoms with E-state index in [1.54, 1.807) is 6.20 Å². The van der Waals surface area contributed by atoms with Gasteiger partial charge in [-0.25, -0.2) is 9.97 Å². The third-order valence-electron chi connectivity index (χ3n) is 5.24. The molecule has 1 aliphatic heterocycles. The Morgan fingerprint density at radius 2 is 2.03 bits per heavy atom. The average Bonchev–Trinajstić information content (AvgIpc) is 3.41. The molecule has 2 aromatic carbocycles. The molecule has 30 heavy (non-hydrogen) atoms. The van der Waals surface area contributed by atoms with Crippen molar-refractivity contribution in [1.29, 1.82) is 0 Å². The van der Waals surface area contributed by atoms with Crippen LogP contribution in [0.4, 0.5) is 0 Å². The summed E-state index contributed by atoms with van der Waals surface area (Å²) in [7, 11) is 0. The van der Waals surface area contributed by atoms with Gasteiger partial charge in [0.05, 0.1) is 29.8 Å². The minimum absolute atomic E-state index is 0.490. The lowest BCUT2D eigenvalue weighted by Gasteiger charge is -2.14. The molecular weight excluding hydrogens is 372 g/mol. The maximum Gasteiger partial charge on any atom is 0.181 e. The summed E-state index contributed by atoms with van der Waals surface area (Å²) < 4.78 is 7.61. The predicted molar refractivity (Wildman–Crippen MR) is 117 cm³/mol. The van der Waals surface area contributed by atoms with Crippen LogP contribution in [0.3, 0.4) is 0 Å². The van der Waals surface area contributed by atoms with Gasteiger partial charge >= 0.3 is 0 Å². The molecule has 0 saturated carbocycles. The summed E-state index contributed by atoms with van der Waals surface area (Å²) in [6.45, 7) is 4.66. The first-order valence-corrected chi connectivity index (χ1v) is 9.95. The number of aromatic nitrogens is 3. The van der Waals surface area contributed by atoms with Crippen molar-refractivity contribution in [2.24, 2.45) is 4.99 Å². The van der Waals surface area contributed by atoms with Gasteiger partial charge in [-0.05, 0) is 30.7 Å². The molecule has 0 spiro atoms. The fourth-order valence-electron chi connectivity index (χ4n) is 3.78. The maximum absolute atomic E-state index is 5.51. The van der Waals surface area contributed by atoms with Gasteiger partial charge in [-0.1, -0.05) is 43.0 Å². The summed E-state index contributed by atoms with van der Waals surface area (Å²) in [5.74, 6) is 7.06. The Kier molecular flexibility index (Phi) is 4.53. The van der Waals surface area contributed by atoms with E-state index >= 15 is 0 Å². The number of fused-ring (bicyclic) bond motifs is 3. The number of rotatable bonds is 2. The standard InChI is InChI=1S/C25H20N4O/c1-3-4-8-18-10-11-21-20(12-18)24(19-9-6-5-7-17(19)2)27-13-22-25(28-15-29(21)22)23-14-26-16-30-23/h5-7,9-12,14-16H,3,13H2,1-2H3.